The summed E-state index contributed by atoms with van der Waals surface area (Å²) in [5, 5.41) is 3.38. The number of benzene rings is 1. The molecule has 29 heavy (non-hydrogen) atoms. The Kier molecular flexibility index (Phi) is 5.73. The molecule has 1 amide bonds. The molecule has 0 bridgehead atoms. The summed E-state index contributed by atoms with van der Waals surface area (Å²) in [7, 11) is 0. The standard InChI is InChI=1S/C21H26N6OS/c1-13(2)8-10-23-19(28)21-26-17-18(24-12-25-20(17)29-21)27-11-14(7-9-22)15-5-3-4-6-16(15)27/h3-6,12-14H,7-11,22H2,1-2H3,(H,23,28). The lowest BCUT2D eigenvalue weighted by Crippen LogP contribution is -2.25. The molecule has 0 spiro atoms. The van der Waals surface area contributed by atoms with E-state index < -0.39 is 0 Å². The van der Waals surface area contributed by atoms with Gasteiger partial charge in [-0.15, -0.1) is 0 Å². The largest absolute Gasteiger partial charge is 0.350 e. The van der Waals surface area contributed by atoms with Gasteiger partial charge >= 0.3 is 0 Å². The summed E-state index contributed by atoms with van der Waals surface area (Å²) in [5.41, 5.74) is 8.92. The van der Waals surface area contributed by atoms with Gasteiger partial charge in [0.15, 0.2) is 10.8 Å². The summed E-state index contributed by atoms with van der Waals surface area (Å²) >= 11 is 1.31. The monoisotopic (exact) mass is 410 g/mol. The van der Waals surface area contributed by atoms with Crippen LogP contribution in [0.2, 0.25) is 0 Å². The SMILES string of the molecule is CC(C)CCNC(=O)c1nc2c(N3CC(CCN)c4ccccc43)ncnc2s1. The maximum Gasteiger partial charge on any atom is 0.280 e. The number of amides is 1. The fourth-order valence-electron chi connectivity index (χ4n) is 3.73. The van der Waals surface area contributed by atoms with Crippen LogP contribution in [0, 0.1) is 5.92 Å². The van der Waals surface area contributed by atoms with Crippen LogP contribution in [-0.2, 0) is 0 Å². The molecule has 3 aromatic rings. The number of nitrogens with zero attached hydrogens (tertiary/aromatic N) is 4. The number of nitrogens with one attached hydrogen (secondary N) is 1. The number of nitrogens with two attached hydrogens (primary N) is 1. The van der Waals surface area contributed by atoms with Crippen LogP contribution in [0.4, 0.5) is 11.5 Å². The molecule has 1 aliphatic heterocycles. The zero-order valence-electron chi connectivity index (χ0n) is 16.8. The molecule has 1 atom stereocenters. The number of hydrogen-bond acceptors (Lipinski definition) is 7. The highest BCUT2D eigenvalue weighted by molar-refractivity contribution is 7.19. The Hall–Kier alpha value is -2.58. The van der Waals surface area contributed by atoms with E-state index in [1.165, 1.54) is 16.9 Å². The third-order valence-corrected chi connectivity index (χ3v) is 6.18. The molecule has 0 fully saturated rings. The predicted octanol–water partition coefficient (Wildman–Crippen LogP) is 3.45. The van der Waals surface area contributed by atoms with Gasteiger partial charge in [-0.05, 0) is 36.9 Å². The lowest BCUT2D eigenvalue weighted by molar-refractivity contribution is 0.0952. The van der Waals surface area contributed by atoms with E-state index in [1.54, 1.807) is 6.33 Å². The van der Waals surface area contributed by atoms with E-state index >= 15 is 0 Å². The highest BCUT2D eigenvalue weighted by Crippen LogP contribution is 2.43. The van der Waals surface area contributed by atoms with Crippen LogP contribution >= 0.6 is 11.3 Å². The predicted molar refractivity (Wildman–Crippen MR) is 117 cm³/mol. The van der Waals surface area contributed by atoms with Crippen LogP contribution in [-0.4, -0.2) is 40.5 Å². The van der Waals surface area contributed by atoms with E-state index in [0.717, 1.165) is 35.7 Å². The molecule has 1 aliphatic rings. The first-order valence-electron chi connectivity index (χ1n) is 10.0. The van der Waals surface area contributed by atoms with Gasteiger partial charge in [0.25, 0.3) is 5.91 Å². The number of thiazole rings is 1. The van der Waals surface area contributed by atoms with Crippen LogP contribution in [0.3, 0.4) is 0 Å². The van der Waals surface area contributed by atoms with Crippen molar-refractivity contribution in [2.45, 2.75) is 32.6 Å². The number of rotatable bonds is 7. The molecule has 3 N–H and O–H groups in total. The second-order valence-electron chi connectivity index (χ2n) is 7.75. The molecule has 1 aromatic carbocycles. The summed E-state index contributed by atoms with van der Waals surface area (Å²) in [6.45, 7) is 6.36. The van der Waals surface area contributed by atoms with Crippen molar-refractivity contribution < 1.29 is 4.79 Å². The molecule has 0 radical (unpaired) electrons. The first kappa shape index (κ1) is 19.7. The Morgan fingerprint density at radius 3 is 2.97 bits per heavy atom. The molecule has 4 rings (SSSR count). The van der Waals surface area contributed by atoms with Crippen molar-refractivity contribution >= 4 is 39.1 Å². The first-order valence-corrected chi connectivity index (χ1v) is 10.9. The van der Waals surface area contributed by atoms with Gasteiger partial charge in [-0.3, -0.25) is 4.79 Å². The van der Waals surface area contributed by atoms with E-state index in [4.69, 9.17) is 5.73 Å². The maximum absolute atomic E-state index is 12.5. The van der Waals surface area contributed by atoms with E-state index in [-0.39, 0.29) is 5.91 Å². The van der Waals surface area contributed by atoms with Crippen molar-refractivity contribution in [2.24, 2.45) is 11.7 Å². The number of aromatic nitrogens is 3. The minimum absolute atomic E-state index is 0.151. The number of anilines is 2. The van der Waals surface area contributed by atoms with Crippen molar-refractivity contribution in [1.29, 1.82) is 0 Å². The molecule has 1 unspecified atom stereocenters. The molecule has 7 nitrogen and oxygen atoms in total. The van der Waals surface area contributed by atoms with E-state index in [9.17, 15) is 4.79 Å². The average molecular weight is 411 g/mol. The molecular formula is C21H26N6OS. The molecular weight excluding hydrogens is 384 g/mol. The third-order valence-electron chi connectivity index (χ3n) is 5.22. The number of fused-ring (bicyclic) bond motifs is 2. The van der Waals surface area contributed by atoms with Crippen molar-refractivity contribution in [1.82, 2.24) is 20.3 Å². The first-order chi connectivity index (χ1) is 14.1. The van der Waals surface area contributed by atoms with Crippen LogP contribution in [0.25, 0.3) is 10.3 Å². The minimum Gasteiger partial charge on any atom is -0.350 e. The second-order valence-corrected chi connectivity index (χ2v) is 8.73. The van der Waals surface area contributed by atoms with Gasteiger partial charge in [-0.25, -0.2) is 15.0 Å². The molecule has 2 aromatic heterocycles. The van der Waals surface area contributed by atoms with Gasteiger partial charge in [0, 0.05) is 24.7 Å². The number of para-hydroxylation sites is 1. The summed E-state index contributed by atoms with van der Waals surface area (Å²) in [4.78, 5) is 28.9. The summed E-state index contributed by atoms with van der Waals surface area (Å²) in [5.74, 6) is 1.50. The van der Waals surface area contributed by atoms with Gasteiger partial charge in [0.05, 0.1) is 0 Å². The summed E-state index contributed by atoms with van der Waals surface area (Å²) in [6, 6.07) is 8.35. The second kappa shape index (κ2) is 8.42. The molecule has 0 aliphatic carbocycles. The van der Waals surface area contributed by atoms with Gasteiger partial charge in [-0.1, -0.05) is 43.4 Å². The zero-order chi connectivity index (χ0) is 20.4. The Bertz CT molecular complexity index is 1020. The third kappa shape index (κ3) is 3.95. The van der Waals surface area contributed by atoms with Crippen molar-refractivity contribution in [3.8, 4) is 0 Å². The van der Waals surface area contributed by atoms with Crippen LogP contribution in [0.5, 0.6) is 0 Å². The van der Waals surface area contributed by atoms with Gasteiger partial charge in [0.1, 0.15) is 16.7 Å². The molecule has 152 valence electrons. The molecule has 0 saturated heterocycles. The Labute approximate surface area is 174 Å². The number of hydrogen-bond donors (Lipinski definition) is 2. The highest BCUT2D eigenvalue weighted by atomic mass is 32.1. The Morgan fingerprint density at radius 1 is 1.34 bits per heavy atom. The van der Waals surface area contributed by atoms with Gasteiger partial charge < -0.3 is 16.0 Å². The highest BCUT2D eigenvalue weighted by Gasteiger charge is 2.31. The van der Waals surface area contributed by atoms with E-state index in [2.05, 4.69) is 57.2 Å². The van der Waals surface area contributed by atoms with E-state index in [0.29, 0.717) is 35.4 Å². The van der Waals surface area contributed by atoms with Gasteiger partial charge in [0.2, 0.25) is 0 Å². The van der Waals surface area contributed by atoms with Crippen LogP contribution in [0.15, 0.2) is 30.6 Å². The Morgan fingerprint density at radius 2 is 2.17 bits per heavy atom. The van der Waals surface area contributed by atoms with Crippen LogP contribution < -0.4 is 16.0 Å². The van der Waals surface area contributed by atoms with Crippen molar-refractivity contribution in [3.05, 3.63) is 41.2 Å². The Balaban J connectivity index is 1.65. The smallest absolute Gasteiger partial charge is 0.280 e. The maximum atomic E-state index is 12.5. The normalized spacial score (nSPS) is 15.9. The molecule has 0 saturated carbocycles. The quantitative estimate of drug-likeness (QED) is 0.619. The van der Waals surface area contributed by atoms with Crippen molar-refractivity contribution in [2.75, 3.05) is 24.5 Å². The van der Waals surface area contributed by atoms with E-state index in [1.807, 2.05) is 6.07 Å². The average Bonchev–Trinajstić information content (AvgIpc) is 3.30. The molecule has 8 heteroatoms. The topological polar surface area (TPSA) is 97.0 Å². The summed E-state index contributed by atoms with van der Waals surface area (Å²) < 4.78 is 0. The molecule has 3 heterocycles. The lowest BCUT2D eigenvalue weighted by Gasteiger charge is -2.18. The fraction of sp³-hybridized carbons (Fsp3) is 0.429. The lowest BCUT2D eigenvalue weighted by atomic mass is 9.98. The summed E-state index contributed by atoms with van der Waals surface area (Å²) in [6.07, 6.45) is 3.41. The minimum atomic E-state index is -0.151. The number of carbonyl (C=O) groups is 1. The van der Waals surface area contributed by atoms with Gasteiger partial charge in [-0.2, -0.15) is 0 Å². The van der Waals surface area contributed by atoms with Crippen LogP contribution in [0.1, 0.15) is 48.0 Å². The zero-order valence-corrected chi connectivity index (χ0v) is 17.6. The number of carbonyl (C=O) groups excluding carboxylic acids is 1. The fourth-order valence-corrected chi connectivity index (χ4v) is 4.55. The van der Waals surface area contributed by atoms with Crippen molar-refractivity contribution in [3.63, 3.8) is 0 Å².